The Balaban J connectivity index is 1.29. The molecule has 0 aliphatic heterocycles. The maximum absolute atomic E-state index is 6.27. The number of hydrogen-bond acceptors (Lipinski definition) is 4. The van der Waals surface area contributed by atoms with Crippen LogP contribution in [0.4, 0.5) is 0 Å². The molecule has 222 valence electrons. The highest BCUT2D eigenvalue weighted by molar-refractivity contribution is 6.13. The number of hydrogen-bond donors (Lipinski definition) is 0. The van der Waals surface area contributed by atoms with Crippen LogP contribution in [0, 0.1) is 0 Å². The fraction of sp³-hybridized carbons (Fsp3) is 0.0714. The van der Waals surface area contributed by atoms with Crippen LogP contribution >= 0.6 is 0 Å². The van der Waals surface area contributed by atoms with Gasteiger partial charge in [0.1, 0.15) is 11.2 Å². The summed E-state index contributed by atoms with van der Waals surface area (Å²) in [6.45, 7) is 4.66. The first-order chi connectivity index (χ1) is 23.1. The Morgan fingerprint density at radius 2 is 1.21 bits per heavy atom. The number of nitrogens with zero attached hydrogens (tertiary/aromatic N) is 4. The zero-order valence-corrected chi connectivity index (χ0v) is 25.9. The molecule has 0 radical (unpaired) electrons. The van der Waals surface area contributed by atoms with E-state index in [4.69, 9.17) is 19.4 Å². The molecule has 0 spiro atoms. The molecule has 10 rings (SSSR count). The maximum Gasteiger partial charge on any atom is 0.238 e. The summed E-state index contributed by atoms with van der Waals surface area (Å²) in [4.78, 5) is 15.5. The van der Waals surface area contributed by atoms with E-state index in [1.165, 1.54) is 33.0 Å². The highest BCUT2D eigenvalue weighted by atomic mass is 16.3. The predicted molar refractivity (Wildman–Crippen MR) is 190 cm³/mol. The minimum Gasteiger partial charge on any atom is -0.456 e. The Bertz CT molecular complexity index is 2720. The summed E-state index contributed by atoms with van der Waals surface area (Å²) in [6.07, 6.45) is 0. The molecule has 0 N–H and O–H groups in total. The molecular weight excluding hydrogens is 576 g/mol. The van der Waals surface area contributed by atoms with E-state index in [0.717, 1.165) is 44.1 Å². The molecular formula is C42H28N4O. The molecule has 1 aliphatic carbocycles. The van der Waals surface area contributed by atoms with Crippen LogP contribution in [0.25, 0.3) is 83.6 Å². The van der Waals surface area contributed by atoms with Gasteiger partial charge in [-0.15, -0.1) is 0 Å². The van der Waals surface area contributed by atoms with Gasteiger partial charge in [0.05, 0.1) is 11.0 Å². The van der Waals surface area contributed by atoms with Gasteiger partial charge >= 0.3 is 0 Å². The second kappa shape index (κ2) is 9.47. The molecule has 5 nitrogen and oxygen atoms in total. The number of rotatable bonds is 3. The first-order valence-electron chi connectivity index (χ1n) is 16.0. The molecule has 0 bridgehead atoms. The third-order valence-corrected chi connectivity index (χ3v) is 9.84. The molecule has 3 heterocycles. The Morgan fingerprint density at radius 1 is 0.532 bits per heavy atom. The van der Waals surface area contributed by atoms with Crippen LogP contribution in [0.3, 0.4) is 0 Å². The first kappa shape index (κ1) is 26.2. The van der Waals surface area contributed by atoms with Crippen LogP contribution in [0.5, 0.6) is 0 Å². The average molecular weight is 605 g/mol. The Morgan fingerprint density at radius 3 is 2.09 bits per heavy atom. The summed E-state index contributed by atoms with van der Waals surface area (Å²) in [5, 5.41) is 4.52. The Labute approximate surface area is 270 Å². The van der Waals surface area contributed by atoms with Gasteiger partial charge in [0, 0.05) is 38.1 Å². The van der Waals surface area contributed by atoms with Crippen molar-refractivity contribution in [3.8, 4) is 39.9 Å². The van der Waals surface area contributed by atoms with E-state index >= 15 is 0 Å². The summed E-state index contributed by atoms with van der Waals surface area (Å²) in [6, 6.07) is 46.4. The topological polar surface area (TPSA) is 56.7 Å². The van der Waals surface area contributed by atoms with E-state index in [1.807, 2.05) is 42.5 Å². The number of benzene rings is 6. The normalized spacial score (nSPS) is 13.5. The Kier molecular flexibility index (Phi) is 5.28. The standard InChI is InChI=1S/C42H28N4O/c1-42(2)33-17-9-6-14-27(33)31-22-23-32-28-15-7-10-18-34(28)46(38(32)37(31)42)41-44-39(25-12-4-3-5-13-25)43-40(45-41)26-20-21-30-29-16-8-11-19-35(29)47-36(30)24-26/h3-24H,1-2H3. The van der Waals surface area contributed by atoms with E-state index in [-0.39, 0.29) is 5.41 Å². The van der Waals surface area contributed by atoms with E-state index < -0.39 is 0 Å². The molecule has 1 aliphatic rings. The average Bonchev–Trinajstić information content (AvgIpc) is 3.74. The van der Waals surface area contributed by atoms with Crippen LogP contribution in [-0.4, -0.2) is 19.5 Å². The van der Waals surface area contributed by atoms with Gasteiger partial charge in [-0.05, 0) is 46.5 Å². The number of fused-ring (bicyclic) bond motifs is 10. The molecule has 6 aromatic carbocycles. The molecule has 0 fully saturated rings. The van der Waals surface area contributed by atoms with E-state index in [1.54, 1.807) is 0 Å². The molecule has 9 aromatic rings. The summed E-state index contributed by atoms with van der Waals surface area (Å²) < 4.78 is 8.53. The van der Waals surface area contributed by atoms with Crippen LogP contribution in [-0.2, 0) is 5.41 Å². The van der Waals surface area contributed by atoms with Gasteiger partial charge in [-0.2, -0.15) is 9.97 Å². The lowest BCUT2D eigenvalue weighted by molar-refractivity contribution is 0.663. The van der Waals surface area contributed by atoms with Crippen LogP contribution in [0.1, 0.15) is 25.0 Å². The molecule has 0 atom stereocenters. The summed E-state index contributed by atoms with van der Waals surface area (Å²) in [7, 11) is 0. The van der Waals surface area contributed by atoms with Crippen LogP contribution < -0.4 is 0 Å². The largest absolute Gasteiger partial charge is 0.456 e. The highest BCUT2D eigenvalue weighted by Crippen LogP contribution is 2.52. The molecule has 5 heteroatoms. The lowest BCUT2D eigenvalue weighted by Crippen LogP contribution is -2.17. The molecule has 0 saturated carbocycles. The van der Waals surface area contributed by atoms with Gasteiger partial charge in [0.2, 0.25) is 5.95 Å². The van der Waals surface area contributed by atoms with E-state index in [2.05, 4.69) is 109 Å². The zero-order valence-electron chi connectivity index (χ0n) is 25.9. The number of aromatic nitrogens is 4. The first-order valence-corrected chi connectivity index (χ1v) is 16.0. The van der Waals surface area contributed by atoms with E-state index in [0.29, 0.717) is 17.6 Å². The van der Waals surface area contributed by atoms with Crippen molar-refractivity contribution in [2.45, 2.75) is 19.3 Å². The third kappa shape index (κ3) is 3.68. The monoisotopic (exact) mass is 604 g/mol. The fourth-order valence-corrected chi connectivity index (χ4v) is 7.70. The van der Waals surface area contributed by atoms with Crippen LogP contribution in [0.15, 0.2) is 138 Å². The molecule has 0 amide bonds. The highest BCUT2D eigenvalue weighted by Gasteiger charge is 2.38. The quantitative estimate of drug-likeness (QED) is 0.201. The van der Waals surface area contributed by atoms with Crippen LogP contribution in [0.2, 0.25) is 0 Å². The van der Waals surface area contributed by atoms with Gasteiger partial charge in [0.25, 0.3) is 0 Å². The van der Waals surface area contributed by atoms with Crippen molar-refractivity contribution in [2.75, 3.05) is 0 Å². The third-order valence-electron chi connectivity index (χ3n) is 9.84. The Hall–Kier alpha value is -6.07. The molecule has 0 unspecified atom stereocenters. The summed E-state index contributed by atoms with van der Waals surface area (Å²) in [5.74, 6) is 1.80. The second-order valence-electron chi connectivity index (χ2n) is 12.9. The lowest BCUT2D eigenvalue weighted by Gasteiger charge is -2.23. The van der Waals surface area contributed by atoms with Crippen molar-refractivity contribution in [3.63, 3.8) is 0 Å². The predicted octanol–water partition coefficient (Wildman–Crippen LogP) is 10.5. The molecule has 47 heavy (non-hydrogen) atoms. The number of para-hydroxylation sites is 2. The zero-order chi connectivity index (χ0) is 31.3. The number of furan rings is 1. The lowest BCUT2D eigenvalue weighted by atomic mass is 9.81. The van der Waals surface area contributed by atoms with Crippen molar-refractivity contribution in [3.05, 3.63) is 145 Å². The second-order valence-corrected chi connectivity index (χ2v) is 12.9. The van der Waals surface area contributed by atoms with Crippen molar-refractivity contribution >= 4 is 43.7 Å². The SMILES string of the molecule is CC1(C)c2ccccc2-c2ccc3c4ccccc4n(-c4nc(-c5ccccc5)nc(-c5ccc6c(c5)oc5ccccc56)n4)c3c21. The van der Waals surface area contributed by atoms with Gasteiger partial charge in [-0.25, -0.2) is 4.98 Å². The van der Waals surface area contributed by atoms with Gasteiger partial charge in [-0.1, -0.05) is 123 Å². The smallest absolute Gasteiger partial charge is 0.238 e. The summed E-state index contributed by atoms with van der Waals surface area (Å²) >= 11 is 0. The maximum atomic E-state index is 6.27. The van der Waals surface area contributed by atoms with Gasteiger partial charge in [-0.3, -0.25) is 4.57 Å². The summed E-state index contributed by atoms with van der Waals surface area (Å²) in [5.41, 5.74) is 10.6. The van der Waals surface area contributed by atoms with Gasteiger partial charge in [0.15, 0.2) is 11.6 Å². The van der Waals surface area contributed by atoms with Crippen molar-refractivity contribution < 1.29 is 4.42 Å². The minimum atomic E-state index is -0.220. The van der Waals surface area contributed by atoms with E-state index in [9.17, 15) is 0 Å². The molecule has 3 aromatic heterocycles. The molecule has 0 saturated heterocycles. The minimum absolute atomic E-state index is 0.220. The van der Waals surface area contributed by atoms with Crippen molar-refractivity contribution in [1.82, 2.24) is 19.5 Å². The van der Waals surface area contributed by atoms with Crippen molar-refractivity contribution in [2.24, 2.45) is 0 Å². The fourth-order valence-electron chi connectivity index (χ4n) is 7.70. The van der Waals surface area contributed by atoms with Crippen molar-refractivity contribution in [1.29, 1.82) is 0 Å². The van der Waals surface area contributed by atoms with Gasteiger partial charge < -0.3 is 4.42 Å².